The van der Waals surface area contributed by atoms with Crippen LogP contribution in [0.5, 0.6) is 5.75 Å². The number of rotatable bonds is 8. The van der Waals surface area contributed by atoms with Crippen LogP contribution in [0.3, 0.4) is 0 Å². The van der Waals surface area contributed by atoms with Crippen molar-refractivity contribution < 1.29 is 24.2 Å². The second-order valence-electron chi connectivity index (χ2n) is 7.79. The third-order valence-corrected chi connectivity index (χ3v) is 5.92. The Kier molecular flexibility index (Phi) is 7.87. The number of benzene rings is 2. The van der Waals surface area contributed by atoms with Crippen molar-refractivity contribution in [2.75, 3.05) is 29.9 Å². The second-order valence-corrected chi connectivity index (χ2v) is 8.65. The average molecular weight is 504 g/mol. The molecule has 0 unspecified atom stereocenters. The summed E-state index contributed by atoms with van der Waals surface area (Å²) in [6, 6.07) is 12.3. The van der Waals surface area contributed by atoms with E-state index in [0.29, 0.717) is 17.1 Å². The van der Waals surface area contributed by atoms with Gasteiger partial charge in [-0.05, 0) is 61.9 Å². The van der Waals surface area contributed by atoms with E-state index in [1.54, 1.807) is 42.2 Å². The van der Waals surface area contributed by atoms with Crippen LogP contribution in [0.4, 0.5) is 11.4 Å². The van der Waals surface area contributed by atoms with Gasteiger partial charge in [-0.1, -0.05) is 15.9 Å². The summed E-state index contributed by atoms with van der Waals surface area (Å²) < 4.78 is 6.51. The highest BCUT2D eigenvalue weighted by Crippen LogP contribution is 2.27. The predicted molar refractivity (Wildman–Crippen MR) is 125 cm³/mol. The molecule has 2 atom stereocenters. The molecule has 8 nitrogen and oxygen atoms in total. The van der Waals surface area contributed by atoms with Crippen molar-refractivity contribution in [2.45, 2.75) is 26.4 Å². The van der Waals surface area contributed by atoms with Crippen LogP contribution in [-0.2, 0) is 14.4 Å². The standard InChI is InChI=1S/C23H26BrN3O5/c1-14-9-17(3-8-20(14)24)26-21(29)13-32-19-6-4-18(5-7-19)27-12-16(10-22(27)30)23(31)25-11-15(2)28/h3-9,15-16,28H,10-13H2,1-2H3,(H,25,31)(H,26,29)/t15-,16-/m0/s1. The number of hydrogen-bond donors (Lipinski definition) is 3. The zero-order valence-electron chi connectivity index (χ0n) is 17.9. The van der Waals surface area contributed by atoms with Gasteiger partial charge in [-0.2, -0.15) is 0 Å². The minimum atomic E-state index is -0.638. The molecule has 0 radical (unpaired) electrons. The fourth-order valence-electron chi connectivity index (χ4n) is 3.32. The molecule has 1 aliphatic heterocycles. The normalized spacial score (nSPS) is 16.6. The van der Waals surface area contributed by atoms with Gasteiger partial charge in [0.2, 0.25) is 11.8 Å². The molecule has 2 aromatic rings. The SMILES string of the molecule is Cc1cc(NC(=O)COc2ccc(N3C[C@@H](C(=O)NC[C@H](C)O)CC3=O)cc2)ccc1Br. The van der Waals surface area contributed by atoms with Crippen molar-refractivity contribution in [1.82, 2.24) is 5.32 Å². The summed E-state index contributed by atoms with van der Waals surface area (Å²) in [6.45, 7) is 3.81. The van der Waals surface area contributed by atoms with Gasteiger partial charge in [0, 0.05) is 35.4 Å². The van der Waals surface area contributed by atoms with Gasteiger partial charge < -0.3 is 25.4 Å². The molecule has 3 amide bonds. The molecule has 2 aromatic carbocycles. The molecular formula is C23H26BrN3O5. The maximum absolute atomic E-state index is 12.4. The fraction of sp³-hybridized carbons (Fsp3) is 0.348. The van der Waals surface area contributed by atoms with Crippen LogP contribution in [0.1, 0.15) is 18.9 Å². The first kappa shape index (κ1) is 23.7. The molecule has 0 saturated carbocycles. The summed E-state index contributed by atoms with van der Waals surface area (Å²) in [6.07, 6.45) is -0.514. The van der Waals surface area contributed by atoms with Crippen molar-refractivity contribution in [2.24, 2.45) is 5.92 Å². The Morgan fingerprint density at radius 2 is 1.97 bits per heavy atom. The summed E-state index contributed by atoms with van der Waals surface area (Å²) in [5, 5.41) is 14.7. The molecule has 3 N–H and O–H groups in total. The Bertz CT molecular complexity index is 994. The van der Waals surface area contributed by atoms with Crippen molar-refractivity contribution in [3.05, 3.63) is 52.5 Å². The molecule has 0 spiro atoms. The van der Waals surface area contributed by atoms with Gasteiger partial charge in [0.05, 0.1) is 12.0 Å². The molecule has 0 aromatic heterocycles. The fourth-order valence-corrected chi connectivity index (χ4v) is 3.56. The Labute approximate surface area is 195 Å². The van der Waals surface area contributed by atoms with Gasteiger partial charge in [-0.25, -0.2) is 0 Å². The Morgan fingerprint density at radius 3 is 2.62 bits per heavy atom. The van der Waals surface area contributed by atoms with E-state index in [4.69, 9.17) is 4.74 Å². The maximum atomic E-state index is 12.4. The second kappa shape index (κ2) is 10.6. The van der Waals surface area contributed by atoms with E-state index in [0.717, 1.165) is 10.0 Å². The van der Waals surface area contributed by atoms with E-state index in [9.17, 15) is 19.5 Å². The minimum absolute atomic E-state index is 0.125. The van der Waals surface area contributed by atoms with Crippen molar-refractivity contribution in [3.8, 4) is 5.75 Å². The highest BCUT2D eigenvalue weighted by Gasteiger charge is 2.35. The largest absolute Gasteiger partial charge is 0.484 e. The highest BCUT2D eigenvalue weighted by atomic mass is 79.9. The zero-order chi connectivity index (χ0) is 23.3. The number of nitrogens with one attached hydrogen (secondary N) is 2. The first-order chi connectivity index (χ1) is 15.2. The first-order valence-electron chi connectivity index (χ1n) is 10.3. The van der Waals surface area contributed by atoms with E-state index in [-0.39, 0.29) is 43.8 Å². The zero-order valence-corrected chi connectivity index (χ0v) is 19.5. The molecule has 0 bridgehead atoms. The van der Waals surface area contributed by atoms with E-state index in [1.165, 1.54) is 0 Å². The number of ether oxygens (including phenoxy) is 1. The lowest BCUT2D eigenvalue weighted by Gasteiger charge is -2.17. The van der Waals surface area contributed by atoms with Crippen molar-refractivity contribution >= 4 is 45.0 Å². The molecule has 3 rings (SSSR count). The molecule has 32 heavy (non-hydrogen) atoms. The number of halogens is 1. The van der Waals surface area contributed by atoms with E-state index >= 15 is 0 Å². The van der Waals surface area contributed by atoms with Crippen LogP contribution >= 0.6 is 15.9 Å². The van der Waals surface area contributed by atoms with Crippen LogP contribution in [0, 0.1) is 12.8 Å². The Hall–Kier alpha value is -2.91. The van der Waals surface area contributed by atoms with Crippen LogP contribution in [0.2, 0.25) is 0 Å². The summed E-state index contributed by atoms with van der Waals surface area (Å²) in [7, 11) is 0. The molecular weight excluding hydrogens is 478 g/mol. The van der Waals surface area contributed by atoms with Crippen molar-refractivity contribution in [1.29, 1.82) is 0 Å². The highest BCUT2D eigenvalue weighted by molar-refractivity contribution is 9.10. The molecule has 9 heteroatoms. The Balaban J connectivity index is 1.51. The third kappa shape index (κ3) is 6.30. The van der Waals surface area contributed by atoms with Gasteiger partial charge in [0.15, 0.2) is 6.61 Å². The van der Waals surface area contributed by atoms with E-state index in [2.05, 4.69) is 26.6 Å². The number of hydrogen-bond acceptors (Lipinski definition) is 5. The minimum Gasteiger partial charge on any atom is -0.484 e. The van der Waals surface area contributed by atoms with E-state index < -0.39 is 12.0 Å². The smallest absolute Gasteiger partial charge is 0.262 e. The quantitative estimate of drug-likeness (QED) is 0.513. The number of carbonyl (C=O) groups is 3. The molecule has 1 heterocycles. The van der Waals surface area contributed by atoms with Crippen LogP contribution in [0.15, 0.2) is 46.9 Å². The number of nitrogens with zero attached hydrogens (tertiary/aromatic N) is 1. The maximum Gasteiger partial charge on any atom is 0.262 e. The summed E-state index contributed by atoms with van der Waals surface area (Å²) in [4.78, 5) is 38.2. The van der Waals surface area contributed by atoms with Gasteiger partial charge in [-0.15, -0.1) is 0 Å². The lowest BCUT2D eigenvalue weighted by atomic mass is 10.1. The van der Waals surface area contributed by atoms with Crippen molar-refractivity contribution in [3.63, 3.8) is 0 Å². The van der Waals surface area contributed by atoms with Gasteiger partial charge in [0.1, 0.15) is 5.75 Å². The number of aryl methyl sites for hydroxylation is 1. The molecule has 1 saturated heterocycles. The molecule has 1 aliphatic rings. The van der Waals surface area contributed by atoms with Gasteiger partial charge in [0.25, 0.3) is 5.91 Å². The molecule has 1 fully saturated rings. The number of carbonyl (C=O) groups excluding carboxylic acids is 3. The van der Waals surface area contributed by atoms with Gasteiger partial charge >= 0.3 is 0 Å². The van der Waals surface area contributed by atoms with Crippen LogP contribution < -0.4 is 20.3 Å². The number of aliphatic hydroxyl groups is 1. The van der Waals surface area contributed by atoms with E-state index in [1.807, 2.05) is 19.1 Å². The number of amides is 3. The lowest BCUT2D eigenvalue weighted by molar-refractivity contribution is -0.126. The molecule has 170 valence electrons. The third-order valence-electron chi connectivity index (χ3n) is 5.03. The lowest BCUT2D eigenvalue weighted by Crippen LogP contribution is -2.36. The van der Waals surface area contributed by atoms with Gasteiger partial charge in [-0.3, -0.25) is 14.4 Å². The number of anilines is 2. The predicted octanol–water partition coefficient (Wildman–Crippen LogP) is 2.62. The first-order valence-corrected chi connectivity index (χ1v) is 11.1. The summed E-state index contributed by atoms with van der Waals surface area (Å²) in [5.41, 5.74) is 2.36. The average Bonchev–Trinajstić information content (AvgIpc) is 3.15. The summed E-state index contributed by atoms with van der Waals surface area (Å²) in [5.74, 6) is -0.623. The number of aliphatic hydroxyl groups excluding tert-OH is 1. The van der Waals surface area contributed by atoms with Crippen LogP contribution in [0.25, 0.3) is 0 Å². The van der Waals surface area contributed by atoms with Crippen LogP contribution in [-0.4, -0.2) is 48.6 Å². The molecule has 0 aliphatic carbocycles. The summed E-state index contributed by atoms with van der Waals surface area (Å²) >= 11 is 3.42. The monoisotopic (exact) mass is 503 g/mol. The topological polar surface area (TPSA) is 108 Å². The Morgan fingerprint density at radius 1 is 1.25 bits per heavy atom.